The van der Waals surface area contributed by atoms with Gasteiger partial charge in [0.05, 0.1) is 17.3 Å². The summed E-state index contributed by atoms with van der Waals surface area (Å²) < 4.78 is 6.10. The van der Waals surface area contributed by atoms with Crippen LogP contribution in [0.1, 0.15) is 126 Å². The highest BCUT2D eigenvalue weighted by molar-refractivity contribution is 5.81. The lowest BCUT2D eigenvalue weighted by molar-refractivity contribution is -0.250. The molecule has 0 aromatic carbocycles. The van der Waals surface area contributed by atoms with E-state index in [9.17, 15) is 24.6 Å². The van der Waals surface area contributed by atoms with Crippen molar-refractivity contribution in [3.63, 3.8) is 0 Å². The van der Waals surface area contributed by atoms with E-state index in [4.69, 9.17) is 4.74 Å². The van der Waals surface area contributed by atoms with Crippen LogP contribution in [-0.2, 0) is 19.1 Å². The van der Waals surface area contributed by atoms with Crippen molar-refractivity contribution in [3.8, 4) is 0 Å². The molecule has 0 heterocycles. The second-order valence-electron chi connectivity index (χ2n) is 17.4. The van der Waals surface area contributed by atoms with Gasteiger partial charge in [0.25, 0.3) is 0 Å². The molecule has 42 heavy (non-hydrogen) atoms. The molecule has 0 amide bonds. The fourth-order valence-corrected chi connectivity index (χ4v) is 12.3. The van der Waals surface area contributed by atoms with Crippen LogP contribution < -0.4 is 0 Å². The maximum Gasteiger partial charge on any atom is 0.309 e. The maximum absolute atomic E-state index is 12.9. The number of allylic oxidation sites excluding steroid dienone is 1. The highest BCUT2D eigenvalue weighted by atomic mass is 16.5. The van der Waals surface area contributed by atoms with E-state index in [2.05, 4.69) is 48.1 Å². The molecule has 6 nitrogen and oxygen atoms in total. The predicted octanol–water partition coefficient (Wildman–Crippen LogP) is 8.14. The largest absolute Gasteiger partial charge is 0.481 e. The van der Waals surface area contributed by atoms with Crippen molar-refractivity contribution >= 4 is 17.9 Å². The van der Waals surface area contributed by atoms with E-state index in [0.717, 1.165) is 69.8 Å². The van der Waals surface area contributed by atoms with Crippen molar-refractivity contribution in [3.05, 3.63) is 12.2 Å². The van der Waals surface area contributed by atoms with Gasteiger partial charge in [-0.25, -0.2) is 0 Å². The van der Waals surface area contributed by atoms with E-state index in [-0.39, 0.29) is 40.1 Å². The standard InChI is InChI=1S/C36H56O6/c1-21(2)22-12-17-36(30(40)41)19-18-34(8)23(28(22)36)10-11-25-33(7)15-14-26(42-27(37)20-31(3,4)29(38)39)32(5,6)24(33)13-16-35(25,34)9/h22-26,28H,1,10-20H2,2-9H3,(H,38,39)(H,40,41)/t22-,23?,24-,25+,26-,28-,33-,34+,35+,36-/m0/s1. The fraction of sp³-hybridized carbons (Fsp3) is 0.861. The van der Waals surface area contributed by atoms with Crippen molar-refractivity contribution < 1.29 is 29.3 Å². The van der Waals surface area contributed by atoms with Gasteiger partial charge >= 0.3 is 17.9 Å². The summed E-state index contributed by atoms with van der Waals surface area (Å²) in [5.41, 5.74) is -0.477. The average Bonchev–Trinajstić information content (AvgIpc) is 3.27. The van der Waals surface area contributed by atoms with Crippen LogP contribution in [-0.4, -0.2) is 34.2 Å². The molecule has 236 valence electrons. The molecule has 1 unspecified atom stereocenters. The monoisotopic (exact) mass is 584 g/mol. The Hall–Kier alpha value is -1.85. The number of ether oxygens (including phenoxy) is 1. The Morgan fingerprint density at radius 2 is 1.50 bits per heavy atom. The zero-order valence-corrected chi connectivity index (χ0v) is 27.5. The summed E-state index contributed by atoms with van der Waals surface area (Å²) in [5, 5.41) is 20.1. The van der Waals surface area contributed by atoms with Crippen LogP contribution in [0.4, 0.5) is 0 Å². The minimum absolute atomic E-state index is 0.0847. The lowest BCUT2D eigenvalue weighted by atomic mass is 9.32. The molecule has 10 atom stereocenters. The number of carboxylic acids is 2. The van der Waals surface area contributed by atoms with Crippen LogP contribution >= 0.6 is 0 Å². The molecule has 5 saturated carbocycles. The van der Waals surface area contributed by atoms with Crippen LogP contribution in [0, 0.1) is 62.1 Å². The molecule has 2 N–H and O–H groups in total. The van der Waals surface area contributed by atoms with Gasteiger partial charge in [0.15, 0.2) is 0 Å². The molecule has 5 aliphatic rings. The van der Waals surface area contributed by atoms with E-state index < -0.39 is 28.7 Å². The van der Waals surface area contributed by atoms with Gasteiger partial charge in [-0.1, -0.05) is 46.8 Å². The van der Waals surface area contributed by atoms with Gasteiger partial charge in [-0.05, 0) is 131 Å². The Morgan fingerprint density at radius 3 is 2.10 bits per heavy atom. The van der Waals surface area contributed by atoms with Crippen LogP contribution in [0.3, 0.4) is 0 Å². The van der Waals surface area contributed by atoms with E-state index in [1.807, 2.05) is 0 Å². The summed E-state index contributed by atoms with van der Waals surface area (Å²) in [6.45, 7) is 21.7. The number of aliphatic carboxylic acids is 2. The van der Waals surface area contributed by atoms with Crippen LogP contribution in [0.5, 0.6) is 0 Å². The lowest BCUT2D eigenvalue weighted by Crippen LogP contribution is -2.67. The molecule has 0 saturated heterocycles. The highest BCUT2D eigenvalue weighted by Gasteiger charge is 2.72. The molecule has 6 heteroatoms. The number of hydrogen-bond acceptors (Lipinski definition) is 4. The van der Waals surface area contributed by atoms with E-state index in [0.29, 0.717) is 23.7 Å². The number of carbonyl (C=O) groups is 3. The van der Waals surface area contributed by atoms with Crippen molar-refractivity contribution in [2.24, 2.45) is 62.1 Å². The number of carbonyl (C=O) groups excluding carboxylic acids is 1. The molecule has 0 radical (unpaired) electrons. The molecule has 0 bridgehead atoms. The molecule has 0 spiro atoms. The van der Waals surface area contributed by atoms with E-state index >= 15 is 0 Å². The number of rotatable bonds is 6. The summed E-state index contributed by atoms with van der Waals surface area (Å²) >= 11 is 0. The Balaban J connectivity index is 1.42. The molecule has 0 aromatic rings. The van der Waals surface area contributed by atoms with Crippen molar-refractivity contribution in [1.82, 2.24) is 0 Å². The maximum atomic E-state index is 12.9. The first-order valence-corrected chi connectivity index (χ1v) is 16.6. The number of carboxylic acid groups (broad SMARTS) is 2. The van der Waals surface area contributed by atoms with Crippen molar-refractivity contribution in [2.45, 2.75) is 132 Å². The molecule has 0 aliphatic heterocycles. The minimum atomic E-state index is -1.15. The SMILES string of the molecule is C=C(C)[C@@H]1CC[C@]2(C(=O)O)CC[C@]3(C)C(CC[C@@H]4[C@@]5(C)CC[C@H](OC(=O)CC(C)(C)C(=O)O)C(C)(C)[C@@H]5CC[C@]43C)[C@H]12. The molecule has 5 aliphatic carbocycles. The van der Waals surface area contributed by atoms with Gasteiger partial charge in [0.1, 0.15) is 6.10 Å². The molecule has 5 rings (SSSR count). The second kappa shape index (κ2) is 9.83. The molecular formula is C36H56O6. The first-order chi connectivity index (χ1) is 19.3. The summed E-state index contributed by atoms with van der Waals surface area (Å²) in [6.07, 6.45) is 9.38. The van der Waals surface area contributed by atoms with Crippen molar-refractivity contribution in [1.29, 1.82) is 0 Å². The lowest BCUT2D eigenvalue weighted by Gasteiger charge is -2.72. The van der Waals surface area contributed by atoms with Gasteiger partial charge in [0.2, 0.25) is 0 Å². The predicted molar refractivity (Wildman–Crippen MR) is 163 cm³/mol. The summed E-state index contributed by atoms with van der Waals surface area (Å²) in [5.74, 6) is -0.165. The van der Waals surface area contributed by atoms with Gasteiger partial charge in [0, 0.05) is 5.41 Å². The topological polar surface area (TPSA) is 101 Å². The van der Waals surface area contributed by atoms with Crippen LogP contribution in [0.25, 0.3) is 0 Å². The van der Waals surface area contributed by atoms with Gasteiger partial charge in [-0.2, -0.15) is 0 Å². The Bertz CT molecular complexity index is 1170. The summed E-state index contributed by atoms with van der Waals surface area (Å²) in [6, 6.07) is 0. The summed E-state index contributed by atoms with van der Waals surface area (Å²) in [4.78, 5) is 37.5. The summed E-state index contributed by atoms with van der Waals surface area (Å²) in [7, 11) is 0. The third-order valence-corrected chi connectivity index (χ3v) is 14.9. The Labute approximate surface area is 253 Å². The smallest absolute Gasteiger partial charge is 0.309 e. The van der Waals surface area contributed by atoms with E-state index in [1.165, 1.54) is 0 Å². The number of esters is 1. The number of hydrogen-bond donors (Lipinski definition) is 2. The Morgan fingerprint density at radius 1 is 0.833 bits per heavy atom. The zero-order valence-electron chi connectivity index (χ0n) is 27.5. The van der Waals surface area contributed by atoms with Gasteiger partial charge < -0.3 is 14.9 Å². The highest BCUT2D eigenvalue weighted by Crippen LogP contribution is 2.77. The quantitative estimate of drug-likeness (QED) is 0.241. The third kappa shape index (κ3) is 4.19. The van der Waals surface area contributed by atoms with E-state index in [1.54, 1.807) is 13.8 Å². The Kier molecular flexibility index (Phi) is 7.39. The van der Waals surface area contributed by atoms with Gasteiger partial charge in [-0.15, -0.1) is 0 Å². The molecule has 0 aromatic heterocycles. The average molecular weight is 585 g/mol. The molecule has 5 fully saturated rings. The number of fused-ring (bicyclic) bond motifs is 7. The van der Waals surface area contributed by atoms with Gasteiger partial charge in [-0.3, -0.25) is 14.4 Å². The normalized spacial score (nSPS) is 45.9. The van der Waals surface area contributed by atoms with Crippen LogP contribution in [0.15, 0.2) is 12.2 Å². The second-order valence-corrected chi connectivity index (χ2v) is 17.4. The van der Waals surface area contributed by atoms with Crippen LogP contribution in [0.2, 0.25) is 0 Å². The zero-order chi connectivity index (χ0) is 31.3. The van der Waals surface area contributed by atoms with Crippen molar-refractivity contribution in [2.75, 3.05) is 0 Å². The fourth-order valence-electron chi connectivity index (χ4n) is 12.3. The third-order valence-electron chi connectivity index (χ3n) is 14.9. The first-order valence-electron chi connectivity index (χ1n) is 16.6. The minimum Gasteiger partial charge on any atom is -0.481 e. The first kappa shape index (κ1) is 31.6. The molecular weight excluding hydrogens is 528 g/mol.